The summed E-state index contributed by atoms with van der Waals surface area (Å²) in [4.78, 5) is 28.8. The van der Waals surface area contributed by atoms with E-state index in [9.17, 15) is 9.59 Å². The first kappa shape index (κ1) is 20.0. The maximum Gasteiger partial charge on any atom is 0.264 e. The summed E-state index contributed by atoms with van der Waals surface area (Å²) in [6.45, 7) is 6.65. The summed E-state index contributed by atoms with van der Waals surface area (Å²) in [5, 5.41) is 2.83. The van der Waals surface area contributed by atoms with Crippen molar-refractivity contribution in [3.05, 3.63) is 45.6 Å². The largest absolute Gasteiger partial charge is 0.495 e. The summed E-state index contributed by atoms with van der Waals surface area (Å²) in [5.74, 6) is 0.269. The van der Waals surface area contributed by atoms with Crippen molar-refractivity contribution in [2.24, 2.45) is 0 Å². The topological polar surface area (TPSA) is 58.6 Å². The van der Waals surface area contributed by atoms with Gasteiger partial charge < -0.3 is 15.0 Å². The lowest BCUT2D eigenvalue weighted by molar-refractivity contribution is -0.116. The Kier molecular flexibility index (Phi) is 7.21. The van der Waals surface area contributed by atoms with Crippen LogP contribution >= 0.6 is 11.3 Å². The first-order valence-corrected chi connectivity index (χ1v) is 9.63. The quantitative estimate of drug-likeness (QED) is 0.756. The number of benzene rings is 1. The van der Waals surface area contributed by atoms with Gasteiger partial charge in [0.15, 0.2) is 0 Å². The number of amides is 2. The number of carbonyl (C=O) groups excluding carboxylic acids is 2. The molecule has 1 aromatic carbocycles. The number of hydrogen-bond acceptors (Lipinski definition) is 4. The average molecular weight is 375 g/mol. The SMILES string of the molecule is CCCN(CC(=O)Nc1ccccc1OC)C(=O)c1cc(CC)c(C)s1. The van der Waals surface area contributed by atoms with E-state index in [2.05, 4.69) is 12.2 Å². The fourth-order valence-corrected chi connectivity index (χ4v) is 3.85. The summed E-state index contributed by atoms with van der Waals surface area (Å²) in [6.07, 6.45) is 1.69. The van der Waals surface area contributed by atoms with Crippen LogP contribution in [0.4, 0.5) is 5.69 Å². The molecule has 2 amide bonds. The van der Waals surface area contributed by atoms with Gasteiger partial charge in [0, 0.05) is 11.4 Å². The average Bonchev–Trinajstić information content (AvgIpc) is 3.02. The maximum absolute atomic E-state index is 12.9. The molecule has 0 saturated heterocycles. The molecule has 2 aromatic rings. The Hall–Kier alpha value is -2.34. The van der Waals surface area contributed by atoms with E-state index in [4.69, 9.17) is 4.74 Å². The predicted octanol–water partition coefficient (Wildman–Crippen LogP) is 4.12. The molecule has 140 valence electrons. The molecule has 26 heavy (non-hydrogen) atoms. The van der Waals surface area contributed by atoms with Crippen molar-refractivity contribution < 1.29 is 14.3 Å². The van der Waals surface area contributed by atoms with Crippen LogP contribution in [0.2, 0.25) is 0 Å². The molecule has 0 spiro atoms. The Morgan fingerprint density at radius 3 is 2.58 bits per heavy atom. The highest BCUT2D eigenvalue weighted by Gasteiger charge is 2.21. The van der Waals surface area contributed by atoms with Crippen LogP contribution in [0.25, 0.3) is 0 Å². The Morgan fingerprint density at radius 2 is 1.96 bits per heavy atom. The summed E-state index contributed by atoms with van der Waals surface area (Å²) in [7, 11) is 1.56. The van der Waals surface area contributed by atoms with Gasteiger partial charge in [-0.05, 0) is 43.5 Å². The minimum absolute atomic E-state index is 0.0170. The third kappa shape index (κ3) is 4.85. The van der Waals surface area contributed by atoms with Crippen molar-refractivity contribution in [1.29, 1.82) is 0 Å². The molecule has 0 aliphatic heterocycles. The second-order valence-corrected chi connectivity index (χ2v) is 7.28. The van der Waals surface area contributed by atoms with Gasteiger partial charge in [0.05, 0.1) is 17.7 Å². The van der Waals surface area contributed by atoms with Gasteiger partial charge in [-0.1, -0.05) is 26.0 Å². The van der Waals surface area contributed by atoms with Crippen molar-refractivity contribution in [3.8, 4) is 5.75 Å². The molecule has 0 unspecified atom stereocenters. The van der Waals surface area contributed by atoms with Crippen LogP contribution < -0.4 is 10.1 Å². The lowest BCUT2D eigenvalue weighted by Crippen LogP contribution is -2.38. The number of methoxy groups -OCH3 is 1. The van der Waals surface area contributed by atoms with E-state index in [-0.39, 0.29) is 18.4 Å². The second kappa shape index (κ2) is 9.38. The van der Waals surface area contributed by atoms with Gasteiger partial charge in [0.2, 0.25) is 5.91 Å². The third-order valence-corrected chi connectivity index (χ3v) is 5.19. The summed E-state index contributed by atoms with van der Waals surface area (Å²) >= 11 is 1.50. The standard InChI is InChI=1S/C20H26N2O3S/c1-5-11-22(20(24)18-12-15(6-2)14(3)26-18)13-19(23)21-16-9-7-8-10-17(16)25-4/h7-10,12H,5-6,11,13H2,1-4H3,(H,21,23). The molecule has 2 rings (SSSR count). The van der Waals surface area contributed by atoms with Crippen molar-refractivity contribution in [2.75, 3.05) is 25.5 Å². The first-order chi connectivity index (χ1) is 12.5. The van der Waals surface area contributed by atoms with Crippen LogP contribution in [0.1, 0.15) is 40.4 Å². The number of nitrogens with zero attached hydrogens (tertiary/aromatic N) is 1. The van der Waals surface area contributed by atoms with Gasteiger partial charge in [-0.25, -0.2) is 0 Å². The predicted molar refractivity (Wildman–Crippen MR) is 106 cm³/mol. The lowest BCUT2D eigenvalue weighted by atomic mass is 10.2. The van der Waals surface area contributed by atoms with E-state index in [1.54, 1.807) is 24.1 Å². The molecule has 0 fully saturated rings. The van der Waals surface area contributed by atoms with E-state index in [1.165, 1.54) is 16.9 Å². The van der Waals surface area contributed by atoms with Crippen molar-refractivity contribution >= 4 is 28.8 Å². The molecule has 1 aromatic heterocycles. The maximum atomic E-state index is 12.9. The van der Waals surface area contributed by atoms with E-state index in [0.29, 0.717) is 22.9 Å². The summed E-state index contributed by atoms with van der Waals surface area (Å²) in [6, 6.07) is 9.17. The number of carbonyl (C=O) groups is 2. The monoisotopic (exact) mass is 374 g/mol. The highest BCUT2D eigenvalue weighted by molar-refractivity contribution is 7.14. The lowest BCUT2D eigenvalue weighted by Gasteiger charge is -2.21. The van der Waals surface area contributed by atoms with Crippen LogP contribution in [0, 0.1) is 6.92 Å². The fourth-order valence-electron chi connectivity index (χ4n) is 2.77. The molecular formula is C20H26N2O3S. The van der Waals surface area contributed by atoms with Crippen molar-refractivity contribution in [3.63, 3.8) is 0 Å². The number of nitrogens with one attached hydrogen (secondary N) is 1. The third-order valence-electron chi connectivity index (χ3n) is 4.11. The molecule has 0 saturated carbocycles. The molecule has 5 nitrogen and oxygen atoms in total. The number of aryl methyl sites for hydroxylation is 2. The number of ether oxygens (including phenoxy) is 1. The molecule has 0 radical (unpaired) electrons. The van der Waals surface area contributed by atoms with Gasteiger partial charge in [-0.15, -0.1) is 11.3 Å². The minimum Gasteiger partial charge on any atom is -0.495 e. The number of anilines is 1. The molecule has 0 atom stereocenters. The van der Waals surface area contributed by atoms with Crippen LogP contribution in [-0.4, -0.2) is 36.9 Å². The smallest absolute Gasteiger partial charge is 0.264 e. The zero-order chi connectivity index (χ0) is 19.1. The molecule has 1 N–H and O–H groups in total. The summed E-state index contributed by atoms with van der Waals surface area (Å²) in [5.41, 5.74) is 1.79. The number of rotatable bonds is 8. The van der Waals surface area contributed by atoms with Gasteiger partial charge in [0.25, 0.3) is 5.91 Å². The molecule has 0 aliphatic rings. The Morgan fingerprint density at radius 1 is 1.23 bits per heavy atom. The normalized spacial score (nSPS) is 10.5. The fraction of sp³-hybridized carbons (Fsp3) is 0.400. The number of thiophene rings is 1. The van der Waals surface area contributed by atoms with Crippen molar-refractivity contribution in [1.82, 2.24) is 4.90 Å². The Balaban J connectivity index is 2.11. The highest BCUT2D eigenvalue weighted by Crippen LogP contribution is 2.25. The van der Waals surface area contributed by atoms with Crippen LogP contribution in [0.5, 0.6) is 5.75 Å². The molecule has 6 heteroatoms. The Bertz CT molecular complexity index is 770. The van der Waals surface area contributed by atoms with Crippen LogP contribution in [0.3, 0.4) is 0 Å². The van der Waals surface area contributed by atoms with Gasteiger partial charge in [-0.2, -0.15) is 0 Å². The second-order valence-electron chi connectivity index (χ2n) is 6.02. The van der Waals surface area contributed by atoms with Gasteiger partial charge in [-0.3, -0.25) is 9.59 Å². The van der Waals surface area contributed by atoms with Gasteiger partial charge >= 0.3 is 0 Å². The van der Waals surface area contributed by atoms with Crippen LogP contribution in [-0.2, 0) is 11.2 Å². The first-order valence-electron chi connectivity index (χ1n) is 8.81. The molecular weight excluding hydrogens is 348 g/mol. The zero-order valence-corrected chi connectivity index (χ0v) is 16.6. The number of para-hydroxylation sites is 2. The number of hydrogen-bond donors (Lipinski definition) is 1. The van der Waals surface area contributed by atoms with Crippen LogP contribution in [0.15, 0.2) is 30.3 Å². The minimum atomic E-state index is -0.236. The van der Waals surface area contributed by atoms with Gasteiger partial charge in [0.1, 0.15) is 12.3 Å². The van der Waals surface area contributed by atoms with E-state index in [0.717, 1.165) is 17.7 Å². The molecule has 0 bridgehead atoms. The van der Waals surface area contributed by atoms with E-state index < -0.39 is 0 Å². The summed E-state index contributed by atoms with van der Waals surface area (Å²) < 4.78 is 5.25. The van der Waals surface area contributed by atoms with E-state index in [1.807, 2.05) is 32.0 Å². The molecule has 0 aliphatic carbocycles. The van der Waals surface area contributed by atoms with Crippen molar-refractivity contribution in [2.45, 2.75) is 33.6 Å². The van der Waals surface area contributed by atoms with E-state index >= 15 is 0 Å². The highest BCUT2D eigenvalue weighted by atomic mass is 32.1. The zero-order valence-electron chi connectivity index (χ0n) is 15.8. The Labute approximate surface area is 159 Å². The molecule has 1 heterocycles.